The normalized spacial score (nSPS) is 14.0. The number of anilines is 1. The topological polar surface area (TPSA) is 65.1 Å². The molecule has 1 aliphatic rings. The van der Waals surface area contributed by atoms with Crippen molar-refractivity contribution in [2.75, 3.05) is 32.5 Å². The summed E-state index contributed by atoms with van der Waals surface area (Å²) in [7, 11) is 2.53. The highest BCUT2D eigenvalue weighted by molar-refractivity contribution is 7.98. The first-order valence-electron chi connectivity index (χ1n) is 8.77. The van der Waals surface area contributed by atoms with E-state index in [1.54, 1.807) is 16.7 Å². The molecule has 0 bridgehead atoms. The van der Waals surface area contributed by atoms with Gasteiger partial charge in [-0.25, -0.2) is 9.59 Å². The van der Waals surface area contributed by atoms with E-state index in [1.807, 2.05) is 48.5 Å². The fourth-order valence-corrected chi connectivity index (χ4v) is 4.25. The van der Waals surface area contributed by atoms with Crippen LogP contribution in [0.2, 0.25) is 5.02 Å². The second-order valence-corrected chi connectivity index (χ2v) is 7.49. The molecule has 2 aromatic rings. The number of carbonyl (C=O) groups is 2. The van der Waals surface area contributed by atoms with Crippen molar-refractivity contribution < 1.29 is 23.8 Å². The standard InChI is InChI=1S/C21H20ClNO5S/c1-26-20(24)15-11-28-13-23(19(15)21(25)27-2)17-9-5-6-10-18(17)29-12-14-7-3-4-8-16(14)22/h3-10H,11-13H2,1-2H3. The van der Waals surface area contributed by atoms with E-state index in [2.05, 4.69) is 0 Å². The third kappa shape index (κ3) is 4.75. The zero-order chi connectivity index (χ0) is 20.8. The number of thioether (sulfide) groups is 1. The molecule has 152 valence electrons. The Morgan fingerprint density at radius 2 is 1.76 bits per heavy atom. The maximum Gasteiger partial charge on any atom is 0.355 e. The van der Waals surface area contributed by atoms with Crippen LogP contribution in [0, 0.1) is 0 Å². The van der Waals surface area contributed by atoms with Gasteiger partial charge in [-0.1, -0.05) is 41.9 Å². The maximum atomic E-state index is 12.5. The van der Waals surface area contributed by atoms with Crippen molar-refractivity contribution in [1.29, 1.82) is 0 Å². The van der Waals surface area contributed by atoms with Gasteiger partial charge < -0.3 is 19.1 Å². The molecule has 2 aromatic carbocycles. The van der Waals surface area contributed by atoms with E-state index in [4.69, 9.17) is 25.8 Å². The van der Waals surface area contributed by atoms with Crippen LogP contribution in [0.5, 0.6) is 0 Å². The van der Waals surface area contributed by atoms with Gasteiger partial charge in [0.15, 0.2) is 0 Å². The predicted octanol–water partition coefficient (Wildman–Crippen LogP) is 4.03. The molecular formula is C21H20ClNO5S. The summed E-state index contributed by atoms with van der Waals surface area (Å²) in [6.07, 6.45) is 0. The lowest BCUT2D eigenvalue weighted by Crippen LogP contribution is -2.39. The van der Waals surface area contributed by atoms with Crippen LogP contribution in [0.1, 0.15) is 5.56 Å². The fourth-order valence-electron chi connectivity index (χ4n) is 2.91. The minimum absolute atomic E-state index is 0.0253. The highest BCUT2D eigenvalue weighted by Crippen LogP contribution is 2.37. The zero-order valence-electron chi connectivity index (χ0n) is 16.0. The lowest BCUT2D eigenvalue weighted by atomic mass is 10.1. The van der Waals surface area contributed by atoms with E-state index in [0.717, 1.165) is 16.1 Å². The summed E-state index contributed by atoms with van der Waals surface area (Å²) in [5, 5.41) is 0.696. The number of halogens is 1. The Bertz CT molecular complexity index is 946. The first-order chi connectivity index (χ1) is 14.1. The van der Waals surface area contributed by atoms with E-state index in [-0.39, 0.29) is 24.6 Å². The summed E-state index contributed by atoms with van der Waals surface area (Å²) in [5.41, 5.74) is 1.97. The SMILES string of the molecule is COC(=O)C1=C(C(=O)OC)N(c2ccccc2SCc2ccccc2Cl)COC1. The van der Waals surface area contributed by atoms with Crippen molar-refractivity contribution in [2.24, 2.45) is 0 Å². The molecule has 0 aromatic heterocycles. The number of rotatable bonds is 6. The number of hydrogen-bond donors (Lipinski definition) is 0. The van der Waals surface area contributed by atoms with Crippen molar-refractivity contribution in [3.05, 3.63) is 70.4 Å². The number of esters is 2. The third-order valence-electron chi connectivity index (χ3n) is 4.33. The van der Waals surface area contributed by atoms with E-state index in [0.29, 0.717) is 10.8 Å². The number of methoxy groups -OCH3 is 2. The summed E-state index contributed by atoms with van der Waals surface area (Å²) < 4.78 is 15.3. The molecule has 0 saturated heterocycles. The Hall–Kier alpha value is -2.48. The Kier molecular flexibility index (Phi) is 7.19. The van der Waals surface area contributed by atoms with Gasteiger partial charge in [-0.05, 0) is 23.8 Å². The summed E-state index contributed by atoms with van der Waals surface area (Å²) in [6.45, 7) is 0.0805. The molecule has 0 radical (unpaired) electrons. The monoisotopic (exact) mass is 433 g/mol. The van der Waals surface area contributed by atoms with Crippen molar-refractivity contribution >= 4 is 41.0 Å². The van der Waals surface area contributed by atoms with Crippen LogP contribution in [0.15, 0.2) is 64.7 Å². The van der Waals surface area contributed by atoms with Crippen LogP contribution >= 0.6 is 23.4 Å². The molecular weight excluding hydrogens is 414 g/mol. The molecule has 6 nitrogen and oxygen atoms in total. The van der Waals surface area contributed by atoms with Crippen LogP contribution in [-0.2, 0) is 29.6 Å². The molecule has 0 atom stereocenters. The smallest absolute Gasteiger partial charge is 0.355 e. The molecule has 1 heterocycles. The molecule has 0 N–H and O–H groups in total. The summed E-state index contributed by atoms with van der Waals surface area (Å²) in [5.74, 6) is -0.608. The number of ether oxygens (including phenoxy) is 3. The van der Waals surface area contributed by atoms with Crippen LogP contribution in [0.3, 0.4) is 0 Å². The van der Waals surface area contributed by atoms with Crippen molar-refractivity contribution in [3.63, 3.8) is 0 Å². The second-order valence-electron chi connectivity index (χ2n) is 6.06. The molecule has 0 aliphatic carbocycles. The minimum atomic E-state index is -0.628. The van der Waals surface area contributed by atoms with Gasteiger partial charge in [0.2, 0.25) is 0 Å². The number of hydrogen-bond acceptors (Lipinski definition) is 7. The van der Waals surface area contributed by atoms with E-state index in [9.17, 15) is 9.59 Å². The van der Waals surface area contributed by atoms with Gasteiger partial charge in [0.05, 0.1) is 32.1 Å². The Labute approximate surface area is 178 Å². The molecule has 29 heavy (non-hydrogen) atoms. The lowest BCUT2D eigenvalue weighted by Gasteiger charge is -2.32. The van der Waals surface area contributed by atoms with Crippen LogP contribution < -0.4 is 4.90 Å². The van der Waals surface area contributed by atoms with E-state index in [1.165, 1.54) is 14.2 Å². The van der Waals surface area contributed by atoms with Gasteiger partial charge in [0.25, 0.3) is 0 Å². The Morgan fingerprint density at radius 1 is 1.07 bits per heavy atom. The van der Waals surface area contributed by atoms with Crippen molar-refractivity contribution in [2.45, 2.75) is 10.6 Å². The van der Waals surface area contributed by atoms with Gasteiger partial charge in [-0.2, -0.15) is 0 Å². The minimum Gasteiger partial charge on any atom is -0.466 e. The van der Waals surface area contributed by atoms with Crippen LogP contribution in [0.25, 0.3) is 0 Å². The number of para-hydroxylation sites is 1. The summed E-state index contributed by atoms with van der Waals surface area (Å²) in [6, 6.07) is 15.2. The number of carbonyl (C=O) groups excluding carboxylic acids is 2. The lowest BCUT2D eigenvalue weighted by molar-refractivity contribution is -0.140. The molecule has 8 heteroatoms. The van der Waals surface area contributed by atoms with Crippen LogP contribution in [0.4, 0.5) is 5.69 Å². The number of nitrogens with zero attached hydrogens (tertiary/aromatic N) is 1. The van der Waals surface area contributed by atoms with E-state index >= 15 is 0 Å². The Morgan fingerprint density at radius 3 is 2.48 bits per heavy atom. The zero-order valence-corrected chi connectivity index (χ0v) is 17.6. The molecule has 0 unspecified atom stereocenters. The molecule has 1 aliphatic heterocycles. The molecule has 0 amide bonds. The second kappa shape index (κ2) is 9.82. The highest BCUT2D eigenvalue weighted by Gasteiger charge is 2.33. The van der Waals surface area contributed by atoms with Gasteiger partial charge in [-0.15, -0.1) is 11.8 Å². The van der Waals surface area contributed by atoms with Gasteiger partial charge >= 0.3 is 11.9 Å². The quantitative estimate of drug-likeness (QED) is 0.503. The van der Waals surface area contributed by atoms with Gasteiger partial charge in [0, 0.05) is 15.7 Å². The van der Waals surface area contributed by atoms with Gasteiger partial charge in [0.1, 0.15) is 12.4 Å². The van der Waals surface area contributed by atoms with E-state index < -0.39 is 11.9 Å². The third-order valence-corrected chi connectivity index (χ3v) is 5.81. The highest BCUT2D eigenvalue weighted by atomic mass is 35.5. The maximum absolute atomic E-state index is 12.5. The molecule has 3 rings (SSSR count). The molecule has 0 saturated carbocycles. The van der Waals surface area contributed by atoms with Crippen LogP contribution in [-0.4, -0.2) is 39.5 Å². The summed E-state index contributed by atoms with van der Waals surface area (Å²) in [4.78, 5) is 27.2. The Balaban J connectivity index is 1.97. The molecule has 0 spiro atoms. The van der Waals surface area contributed by atoms with Crippen molar-refractivity contribution in [3.8, 4) is 0 Å². The summed E-state index contributed by atoms with van der Waals surface area (Å²) >= 11 is 7.84. The molecule has 0 fully saturated rings. The number of benzene rings is 2. The first-order valence-corrected chi connectivity index (χ1v) is 10.1. The fraction of sp³-hybridized carbons (Fsp3) is 0.238. The van der Waals surface area contributed by atoms with Crippen molar-refractivity contribution in [1.82, 2.24) is 0 Å². The predicted molar refractivity (Wildman–Crippen MR) is 112 cm³/mol. The van der Waals surface area contributed by atoms with Gasteiger partial charge in [-0.3, -0.25) is 0 Å². The average Bonchev–Trinajstić information content (AvgIpc) is 2.77. The largest absolute Gasteiger partial charge is 0.466 e. The average molecular weight is 434 g/mol. The first kappa shape index (κ1) is 21.2.